The molecule has 6 nitrogen and oxygen atoms in total. The summed E-state index contributed by atoms with van der Waals surface area (Å²) in [5, 5.41) is 12.6. The Morgan fingerprint density at radius 2 is 2.00 bits per heavy atom. The summed E-state index contributed by atoms with van der Waals surface area (Å²) in [6, 6.07) is 2.10. The van der Waals surface area contributed by atoms with Crippen LogP contribution in [0.4, 0.5) is 5.82 Å². The van der Waals surface area contributed by atoms with Crippen LogP contribution in [0.2, 0.25) is 0 Å². The molecule has 0 aliphatic heterocycles. The lowest BCUT2D eigenvalue weighted by Crippen LogP contribution is -2.21. The highest BCUT2D eigenvalue weighted by Crippen LogP contribution is 2.26. The van der Waals surface area contributed by atoms with Gasteiger partial charge in [0, 0.05) is 12.5 Å². The van der Waals surface area contributed by atoms with Crippen LogP contribution in [0.1, 0.15) is 44.8 Å². The highest BCUT2D eigenvalue weighted by Gasteiger charge is 2.24. The molecule has 0 fully saturated rings. The van der Waals surface area contributed by atoms with E-state index in [0.717, 1.165) is 23.5 Å². The number of rotatable bonds is 3. The fraction of sp³-hybridized carbons (Fsp3) is 0.615. The molecule has 0 atom stereocenters. The SMILES string of the molecule is CCc1cc(Cn2nnc(N)c2C(C)(C)C)n(C)n1. The van der Waals surface area contributed by atoms with Crippen molar-refractivity contribution in [2.45, 2.75) is 46.1 Å². The van der Waals surface area contributed by atoms with Gasteiger partial charge in [0.1, 0.15) is 0 Å². The number of nitrogen functional groups attached to an aromatic ring is 1. The van der Waals surface area contributed by atoms with Crippen LogP contribution in [-0.4, -0.2) is 24.8 Å². The molecule has 104 valence electrons. The summed E-state index contributed by atoms with van der Waals surface area (Å²) in [7, 11) is 1.95. The predicted molar refractivity (Wildman–Crippen MR) is 74.8 cm³/mol. The molecule has 0 unspecified atom stereocenters. The lowest BCUT2D eigenvalue weighted by atomic mass is 9.92. The van der Waals surface area contributed by atoms with Crippen molar-refractivity contribution in [2.75, 3.05) is 5.73 Å². The van der Waals surface area contributed by atoms with Crippen LogP contribution in [0.15, 0.2) is 6.07 Å². The molecule has 0 saturated heterocycles. The van der Waals surface area contributed by atoms with Crippen molar-refractivity contribution in [3.05, 3.63) is 23.1 Å². The number of nitrogens with two attached hydrogens (primary N) is 1. The molecule has 0 saturated carbocycles. The molecule has 2 N–H and O–H groups in total. The van der Waals surface area contributed by atoms with Crippen LogP contribution < -0.4 is 5.73 Å². The van der Waals surface area contributed by atoms with Gasteiger partial charge in [-0.15, -0.1) is 5.10 Å². The van der Waals surface area contributed by atoms with E-state index in [4.69, 9.17) is 5.73 Å². The molecule has 0 aliphatic rings. The van der Waals surface area contributed by atoms with Gasteiger partial charge >= 0.3 is 0 Å². The maximum atomic E-state index is 5.93. The number of aromatic nitrogens is 5. The average Bonchev–Trinajstić information content (AvgIpc) is 2.83. The summed E-state index contributed by atoms with van der Waals surface area (Å²) in [6.07, 6.45) is 0.930. The van der Waals surface area contributed by atoms with Gasteiger partial charge in [-0.2, -0.15) is 5.10 Å². The van der Waals surface area contributed by atoms with Gasteiger partial charge in [-0.25, -0.2) is 4.68 Å². The predicted octanol–water partition coefficient (Wildman–Crippen LogP) is 1.50. The summed E-state index contributed by atoms with van der Waals surface area (Å²) in [6.45, 7) is 9.07. The standard InChI is InChI=1S/C13H22N6/c1-6-9-7-10(18(5)16-9)8-19-11(13(2,3)4)12(14)15-17-19/h7H,6,8,14H2,1-5H3. The normalized spacial score (nSPS) is 12.1. The summed E-state index contributed by atoms with van der Waals surface area (Å²) >= 11 is 0. The van der Waals surface area contributed by atoms with Gasteiger partial charge in [-0.3, -0.25) is 4.68 Å². The zero-order chi connectivity index (χ0) is 14.2. The zero-order valence-corrected chi connectivity index (χ0v) is 12.3. The molecule has 19 heavy (non-hydrogen) atoms. The third-order valence-electron chi connectivity index (χ3n) is 3.17. The third kappa shape index (κ3) is 2.62. The first-order chi connectivity index (χ1) is 8.82. The van der Waals surface area contributed by atoms with E-state index in [2.05, 4.69) is 49.2 Å². The maximum Gasteiger partial charge on any atom is 0.169 e. The molecule has 0 amide bonds. The van der Waals surface area contributed by atoms with Crippen molar-refractivity contribution in [3.63, 3.8) is 0 Å². The summed E-state index contributed by atoms with van der Waals surface area (Å²) in [4.78, 5) is 0. The fourth-order valence-corrected chi connectivity index (χ4v) is 2.25. The van der Waals surface area contributed by atoms with E-state index >= 15 is 0 Å². The zero-order valence-electron chi connectivity index (χ0n) is 12.3. The van der Waals surface area contributed by atoms with E-state index in [1.54, 1.807) is 0 Å². The van der Waals surface area contributed by atoms with Crippen molar-refractivity contribution >= 4 is 5.82 Å². The minimum Gasteiger partial charge on any atom is -0.381 e. The Morgan fingerprint density at radius 3 is 2.53 bits per heavy atom. The van der Waals surface area contributed by atoms with Crippen LogP contribution >= 0.6 is 0 Å². The van der Waals surface area contributed by atoms with Crippen molar-refractivity contribution < 1.29 is 0 Å². The molecule has 0 bridgehead atoms. The molecule has 2 rings (SSSR count). The van der Waals surface area contributed by atoms with E-state index in [9.17, 15) is 0 Å². The first-order valence-electron chi connectivity index (χ1n) is 6.54. The lowest BCUT2D eigenvalue weighted by molar-refractivity contribution is 0.492. The minimum atomic E-state index is -0.0836. The Labute approximate surface area is 113 Å². The molecular weight excluding hydrogens is 240 g/mol. The number of anilines is 1. The van der Waals surface area contributed by atoms with Crippen molar-refractivity contribution in [1.29, 1.82) is 0 Å². The van der Waals surface area contributed by atoms with Crippen LogP contribution in [0.3, 0.4) is 0 Å². The second-order valence-corrected chi connectivity index (χ2v) is 5.84. The monoisotopic (exact) mass is 262 g/mol. The molecule has 0 aliphatic carbocycles. The van der Waals surface area contributed by atoms with Gasteiger partial charge in [0.2, 0.25) is 0 Å². The van der Waals surface area contributed by atoms with Gasteiger partial charge in [0.05, 0.1) is 23.6 Å². The highest BCUT2D eigenvalue weighted by atomic mass is 15.5. The topological polar surface area (TPSA) is 74.6 Å². The summed E-state index contributed by atoms with van der Waals surface area (Å²) < 4.78 is 3.76. The number of hydrogen-bond donors (Lipinski definition) is 1. The minimum absolute atomic E-state index is 0.0836. The van der Waals surface area contributed by atoms with Gasteiger partial charge < -0.3 is 5.73 Å². The smallest absolute Gasteiger partial charge is 0.169 e. The van der Waals surface area contributed by atoms with Crippen LogP contribution in [0.25, 0.3) is 0 Å². The number of aryl methyl sites for hydroxylation is 2. The van der Waals surface area contributed by atoms with Crippen molar-refractivity contribution in [3.8, 4) is 0 Å². The number of hydrogen-bond acceptors (Lipinski definition) is 4. The average molecular weight is 262 g/mol. The van der Waals surface area contributed by atoms with Gasteiger partial charge in [-0.1, -0.05) is 32.9 Å². The first-order valence-corrected chi connectivity index (χ1v) is 6.54. The molecule has 6 heteroatoms. The molecule has 2 aromatic rings. The van der Waals surface area contributed by atoms with Crippen LogP contribution in [0, 0.1) is 0 Å². The van der Waals surface area contributed by atoms with Crippen LogP contribution in [-0.2, 0) is 25.4 Å². The Bertz CT molecular complexity index is 572. The molecule has 0 radical (unpaired) electrons. The third-order valence-corrected chi connectivity index (χ3v) is 3.17. The van der Waals surface area contributed by atoms with Crippen molar-refractivity contribution in [2.24, 2.45) is 7.05 Å². The fourth-order valence-electron chi connectivity index (χ4n) is 2.25. The van der Waals surface area contributed by atoms with Gasteiger partial charge in [-0.05, 0) is 12.5 Å². The first kappa shape index (κ1) is 13.6. The van der Waals surface area contributed by atoms with E-state index in [0.29, 0.717) is 12.4 Å². The Kier molecular flexibility index (Phi) is 3.34. The molecule has 2 aromatic heterocycles. The Morgan fingerprint density at radius 1 is 1.32 bits per heavy atom. The Hall–Kier alpha value is -1.85. The molecule has 0 aromatic carbocycles. The van der Waals surface area contributed by atoms with E-state index in [1.165, 1.54) is 0 Å². The maximum absolute atomic E-state index is 5.93. The lowest BCUT2D eigenvalue weighted by Gasteiger charge is -2.20. The quantitative estimate of drug-likeness (QED) is 0.909. The number of nitrogens with zero attached hydrogens (tertiary/aromatic N) is 5. The molecule has 0 spiro atoms. The second kappa shape index (κ2) is 4.68. The van der Waals surface area contributed by atoms with Gasteiger partial charge in [0.25, 0.3) is 0 Å². The molecular formula is C13H22N6. The van der Waals surface area contributed by atoms with E-state index in [-0.39, 0.29) is 5.41 Å². The summed E-state index contributed by atoms with van der Waals surface area (Å²) in [5.41, 5.74) is 9.00. The Balaban J connectivity index is 2.36. The second-order valence-electron chi connectivity index (χ2n) is 5.84. The van der Waals surface area contributed by atoms with Crippen molar-refractivity contribution in [1.82, 2.24) is 24.8 Å². The van der Waals surface area contributed by atoms with E-state index in [1.807, 2.05) is 16.4 Å². The van der Waals surface area contributed by atoms with E-state index < -0.39 is 0 Å². The highest BCUT2D eigenvalue weighted by molar-refractivity contribution is 5.38. The van der Waals surface area contributed by atoms with Gasteiger partial charge in [0.15, 0.2) is 5.82 Å². The molecule has 2 heterocycles. The largest absolute Gasteiger partial charge is 0.381 e. The summed E-state index contributed by atoms with van der Waals surface area (Å²) in [5.74, 6) is 0.505. The van der Waals surface area contributed by atoms with Crippen LogP contribution in [0.5, 0.6) is 0 Å².